The molecule has 1 aliphatic heterocycles. The third-order valence-electron chi connectivity index (χ3n) is 4.59. The highest BCUT2D eigenvalue weighted by Gasteiger charge is 2.44. The summed E-state index contributed by atoms with van der Waals surface area (Å²) in [5, 5.41) is 12.2. The Kier molecular flexibility index (Phi) is 5.77. The fourth-order valence-electron chi connectivity index (χ4n) is 3.02. The molecule has 1 aliphatic rings. The average molecular weight is 381 g/mol. The van der Waals surface area contributed by atoms with Crippen molar-refractivity contribution in [1.82, 2.24) is 9.80 Å². The maximum Gasteiger partial charge on any atom is 0.257 e. The number of hydrogen-bond donors (Lipinski definition) is 2. The van der Waals surface area contributed by atoms with Gasteiger partial charge in [0.25, 0.3) is 5.91 Å². The topological polar surface area (TPSA) is 89.9 Å². The van der Waals surface area contributed by atoms with Crippen LogP contribution in [0.15, 0.2) is 6.07 Å². The SMILES string of the molecule is CC(C)(C)c1cc(C(=O)N2CCN(CCO)C(=O)C2(C)C)c(NC=O)s1. The van der Waals surface area contributed by atoms with Crippen LogP contribution in [0.5, 0.6) is 0 Å². The highest BCUT2D eigenvalue weighted by atomic mass is 32.1. The molecule has 0 atom stereocenters. The summed E-state index contributed by atoms with van der Waals surface area (Å²) < 4.78 is 0. The van der Waals surface area contributed by atoms with E-state index in [1.807, 2.05) is 20.8 Å². The van der Waals surface area contributed by atoms with Gasteiger partial charge in [0.2, 0.25) is 12.3 Å². The van der Waals surface area contributed by atoms with Crippen molar-refractivity contribution >= 4 is 34.6 Å². The Morgan fingerprint density at radius 2 is 2.04 bits per heavy atom. The van der Waals surface area contributed by atoms with Gasteiger partial charge in [0.05, 0.1) is 12.2 Å². The molecule has 7 nitrogen and oxygen atoms in total. The molecule has 0 aromatic carbocycles. The number of rotatable bonds is 5. The smallest absolute Gasteiger partial charge is 0.257 e. The van der Waals surface area contributed by atoms with E-state index in [-0.39, 0.29) is 30.4 Å². The summed E-state index contributed by atoms with van der Waals surface area (Å²) in [5.74, 6) is -0.467. The number of nitrogens with zero attached hydrogens (tertiary/aromatic N) is 2. The number of aliphatic hydroxyl groups excluding tert-OH is 1. The molecule has 2 N–H and O–H groups in total. The molecular formula is C18H27N3O4S. The van der Waals surface area contributed by atoms with Crippen molar-refractivity contribution in [3.63, 3.8) is 0 Å². The monoisotopic (exact) mass is 381 g/mol. The molecule has 0 saturated carbocycles. The minimum atomic E-state index is -1.02. The van der Waals surface area contributed by atoms with Crippen molar-refractivity contribution in [3.05, 3.63) is 16.5 Å². The summed E-state index contributed by atoms with van der Waals surface area (Å²) in [5.41, 5.74) is -0.774. The minimum Gasteiger partial charge on any atom is -0.395 e. The Labute approximate surface area is 158 Å². The zero-order valence-corrected chi connectivity index (χ0v) is 16.8. The van der Waals surface area contributed by atoms with Crippen LogP contribution in [0.4, 0.5) is 5.00 Å². The van der Waals surface area contributed by atoms with Gasteiger partial charge in [-0.2, -0.15) is 0 Å². The van der Waals surface area contributed by atoms with Crippen molar-refractivity contribution in [1.29, 1.82) is 0 Å². The lowest BCUT2D eigenvalue weighted by Crippen LogP contribution is -2.64. The van der Waals surface area contributed by atoms with Gasteiger partial charge in [0, 0.05) is 24.5 Å². The number of carbonyl (C=O) groups excluding carboxylic acids is 3. The minimum absolute atomic E-state index is 0.108. The number of thiophene rings is 1. The van der Waals surface area contributed by atoms with E-state index in [4.69, 9.17) is 5.11 Å². The molecule has 1 aromatic heterocycles. The zero-order valence-electron chi connectivity index (χ0n) is 16.0. The van der Waals surface area contributed by atoms with E-state index >= 15 is 0 Å². The van der Waals surface area contributed by atoms with E-state index in [1.54, 1.807) is 29.7 Å². The molecule has 0 spiro atoms. The summed E-state index contributed by atoms with van der Waals surface area (Å²) >= 11 is 1.37. The van der Waals surface area contributed by atoms with E-state index in [9.17, 15) is 14.4 Å². The summed E-state index contributed by atoms with van der Waals surface area (Å²) in [6.07, 6.45) is 0.560. The number of carbonyl (C=O) groups is 3. The number of β-amino-alcohol motifs (C(OH)–C–C–N with tert-alkyl or cyclic N) is 1. The number of amides is 3. The van der Waals surface area contributed by atoms with Crippen LogP contribution in [-0.4, -0.2) is 64.9 Å². The summed E-state index contributed by atoms with van der Waals surface area (Å²) in [4.78, 5) is 41.0. The van der Waals surface area contributed by atoms with Gasteiger partial charge in [-0.05, 0) is 25.3 Å². The van der Waals surface area contributed by atoms with Crippen LogP contribution in [-0.2, 0) is 15.0 Å². The molecule has 1 aromatic rings. The van der Waals surface area contributed by atoms with Crippen molar-refractivity contribution in [2.24, 2.45) is 0 Å². The van der Waals surface area contributed by atoms with Gasteiger partial charge < -0.3 is 20.2 Å². The first kappa shape index (κ1) is 20.4. The fourth-order valence-corrected chi connectivity index (χ4v) is 4.09. The molecule has 3 amide bonds. The predicted molar refractivity (Wildman–Crippen MR) is 101 cm³/mol. The van der Waals surface area contributed by atoms with Crippen molar-refractivity contribution in [2.45, 2.75) is 45.6 Å². The predicted octanol–water partition coefficient (Wildman–Crippen LogP) is 1.67. The second-order valence-corrected chi connectivity index (χ2v) is 8.95. The standard InChI is InChI=1S/C18H27N3O4S/c1-17(2,3)13-10-12(14(26-13)19-11-23)15(24)21-7-6-20(8-9-22)16(25)18(21,4)5/h10-11,22H,6-9H2,1-5H3,(H,19,23). The van der Waals surface area contributed by atoms with Gasteiger partial charge in [0.1, 0.15) is 10.5 Å². The largest absolute Gasteiger partial charge is 0.395 e. The van der Waals surface area contributed by atoms with Crippen molar-refractivity contribution in [2.75, 3.05) is 31.6 Å². The van der Waals surface area contributed by atoms with Gasteiger partial charge >= 0.3 is 0 Å². The molecule has 0 unspecified atom stereocenters. The van der Waals surface area contributed by atoms with Crippen molar-refractivity contribution < 1.29 is 19.5 Å². The van der Waals surface area contributed by atoms with E-state index in [0.717, 1.165) is 4.88 Å². The van der Waals surface area contributed by atoms with Crippen LogP contribution in [0.25, 0.3) is 0 Å². The Hall–Kier alpha value is -1.93. The molecule has 1 fully saturated rings. The highest BCUT2D eigenvalue weighted by Crippen LogP contribution is 2.37. The molecule has 0 aliphatic carbocycles. The quantitative estimate of drug-likeness (QED) is 0.759. The molecule has 2 rings (SSSR count). The van der Waals surface area contributed by atoms with Crippen LogP contribution in [0, 0.1) is 0 Å². The second-order valence-electron chi connectivity index (χ2n) is 7.90. The Morgan fingerprint density at radius 3 is 2.58 bits per heavy atom. The first-order chi connectivity index (χ1) is 12.0. The van der Waals surface area contributed by atoms with Crippen LogP contribution in [0.1, 0.15) is 49.9 Å². The summed E-state index contributed by atoms with van der Waals surface area (Å²) in [6, 6.07) is 1.81. The molecule has 8 heteroatoms. The van der Waals surface area contributed by atoms with Crippen LogP contribution in [0.2, 0.25) is 0 Å². The zero-order chi connectivity index (χ0) is 19.7. The third-order valence-corrected chi connectivity index (χ3v) is 6.08. The van der Waals surface area contributed by atoms with E-state index in [2.05, 4.69) is 5.32 Å². The van der Waals surface area contributed by atoms with Crippen molar-refractivity contribution in [3.8, 4) is 0 Å². The van der Waals surface area contributed by atoms with E-state index in [0.29, 0.717) is 30.1 Å². The lowest BCUT2D eigenvalue weighted by atomic mass is 9.93. The van der Waals surface area contributed by atoms with E-state index in [1.165, 1.54) is 11.3 Å². The highest BCUT2D eigenvalue weighted by molar-refractivity contribution is 7.16. The number of piperazine rings is 1. The van der Waals surface area contributed by atoms with Crippen LogP contribution >= 0.6 is 11.3 Å². The van der Waals surface area contributed by atoms with Crippen LogP contribution < -0.4 is 5.32 Å². The van der Waals surface area contributed by atoms with E-state index < -0.39 is 5.54 Å². The third kappa shape index (κ3) is 3.76. The molecule has 0 bridgehead atoms. The van der Waals surface area contributed by atoms with Gasteiger partial charge in [-0.25, -0.2) is 0 Å². The summed E-state index contributed by atoms with van der Waals surface area (Å²) in [6.45, 7) is 10.4. The number of nitrogens with one attached hydrogen (secondary N) is 1. The number of anilines is 1. The summed E-state index contributed by atoms with van der Waals surface area (Å²) in [7, 11) is 0. The van der Waals surface area contributed by atoms with Gasteiger partial charge in [-0.3, -0.25) is 14.4 Å². The first-order valence-electron chi connectivity index (χ1n) is 8.60. The Morgan fingerprint density at radius 1 is 1.38 bits per heavy atom. The normalized spacial score (nSPS) is 17.4. The molecule has 1 saturated heterocycles. The molecule has 0 radical (unpaired) electrons. The Bertz CT molecular complexity index is 706. The number of aliphatic hydroxyl groups is 1. The molecule has 144 valence electrons. The van der Waals surface area contributed by atoms with Gasteiger partial charge in [0.15, 0.2) is 0 Å². The Balaban J connectivity index is 2.38. The molecular weight excluding hydrogens is 354 g/mol. The van der Waals surface area contributed by atoms with Gasteiger partial charge in [-0.1, -0.05) is 20.8 Å². The maximum absolute atomic E-state index is 13.2. The number of hydrogen-bond acceptors (Lipinski definition) is 5. The molecule has 2 heterocycles. The second kappa shape index (κ2) is 7.36. The maximum atomic E-state index is 13.2. The fraction of sp³-hybridized carbons (Fsp3) is 0.611. The lowest BCUT2D eigenvalue weighted by Gasteiger charge is -2.45. The lowest BCUT2D eigenvalue weighted by molar-refractivity contribution is -0.146. The first-order valence-corrected chi connectivity index (χ1v) is 9.42. The molecule has 26 heavy (non-hydrogen) atoms. The van der Waals surface area contributed by atoms with Gasteiger partial charge in [-0.15, -0.1) is 11.3 Å². The van der Waals surface area contributed by atoms with Crippen LogP contribution in [0.3, 0.4) is 0 Å². The average Bonchev–Trinajstić information content (AvgIpc) is 2.96.